The van der Waals surface area contributed by atoms with E-state index in [2.05, 4.69) is 15.2 Å². The summed E-state index contributed by atoms with van der Waals surface area (Å²) < 4.78 is 10.5. The van der Waals surface area contributed by atoms with Crippen LogP contribution in [-0.2, 0) is 4.74 Å². The minimum atomic E-state index is -0.168. The van der Waals surface area contributed by atoms with Crippen LogP contribution in [0.15, 0.2) is 53.3 Å². The quantitative estimate of drug-likeness (QED) is 0.803. The second kappa shape index (κ2) is 6.33. The Morgan fingerprint density at radius 3 is 2.67 bits per heavy atom. The van der Waals surface area contributed by atoms with Crippen LogP contribution >= 0.6 is 0 Å². The fourth-order valence-electron chi connectivity index (χ4n) is 2.78. The van der Waals surface area contributed by atoms with Crippen LogP contribution < -0.4 is 10.2 Å². The van der Waals surface area contributed by atoms with Crippen molar-refractivity contribution in [3.63, 3.8) is 0 Å². The number of aromatic nitrogens is 1. The molecule has 0 bridgehead atoms. The molecule has 1 saturated heterocycles. The lowest BCUT2D eigenvalue weighted by molar-refractivity contribution is 0.102. The van der Waals surface area contributed by atoms with Crippen LogP contribution in [0.2, 0.25) is 0 Å². The van der Waals surface area contributed by atoms with Crippen LogP contribution in [0.5, 0.6) is 0 Å². The maximum absolute atomic E-state index is 12.4. The molecule has 0 spiro atoms. The molecule has 6 nitrogen and oxygen atoms in total. The number of morpholine rings is 1. The predicted octanol–water partition coefficient (Wildman–Crippen LogP) is 2.92. The third-order valence-corrected chi connectivity index (χ3v) is 4.09. The zero-order chi connectivity index (χ0) is 16.4. The van der Waals surface area contributed by atoms with Crippen LogP contribution in [0, 0.1) is 0 Å². The summed E-state index contributed by atoms with van der Waals surface area (Å²) in [5.41, 5.74) is 3.79. The molecule has 2 aromatic carbocycles. The number of carbonyl (C=O) groups is 1. The van der Waals surface area contributed by atoms with Gasteiger partial charge < -0.3 is 19.4 Å². The van der Waals surface area contributed by atoms with Crippen molar-refractivity contribution in [3.05, 3.63) is 54.4 Å². The SMILES string of the molecule is O=C(Nc1ccc(N2CCOCC2)cc1)c1ccc2ocnc2c1. The number of hydrogen-bond acceptors (Lipinski definition) is 5. The van der Waals surface area contributed by atoms with Crippen LogP contribution in [0.4, 0.5) is 11.4 Å². The van der Waals surface area contributed by atoms with Crippen LogP contribution in [0.25, 0.3) is 11.1 Å². The van der Waals surface area contributed by atoms with Crippen molar-refractivity contribution in [2.45, 2.75) is 0 Å². The molecule has 1 aromatic heterocycles. The second-order valence-electron chi connectivity index (χ2n) is 5.64. The van der Waals surface area contributed by atoms with E-state index in [1.54, 1.807) is 18.2 Å². The van der Waals surface area contributed by atoms with Crippen molar-refractivity contribution >= 4 is 28.4 Å². The number of oxazole rings is 1. The molecule has 3 aromatic rings. The van der Waals surface area contributed by atoms with Crippen molar-refractivity contribution in [1.29, 1.82) is 0 Å². The molecular formula is C18H17N3O3. The van der Waals surface area contributed by atoms with Gasteiger partial charge in [-0.3, -0.25) is 4.79 Å². The van der Waals surface area contributed by atoms with Crippen molar-refractivity contribution in [2.24, 2.45) is 0 Å². The molecule has 122 valence electrons. The molecular weight excluding hydrogens is 306 g/mol. The highest BCUT2D eigenvalue weighted by Gasteiger charge is 2.12. The average Bonchev–Trinajstić information content (AvgIpc) is 3.11. The molecule has 1 fully saturated rings. The van der Waals surface area contributed by atoms with E-state index in [-0.39, 0.29) is 5.91 Å². The molecule has 4 rings (SSSR count). The Labute approximate surface area is 139 Å². The fraction of sp³-hybridized carbons (Fsp3) is 0.222. The first-order valence-electron chi connectivity index (χ1n) is 7.87. The second-order valence-corrected chi connectivity index (χ2v) is 5.64. The van der Waals surface area contributed by atoms with Gasteiger partial charge in [0.2, 0.25) is 0 Å². The first-order chi connectivity index (χ1) is 11.8. The van der Waals surface area contributed by atoms with E-state index >= 15 is 0 Å². The number of ether oxygens (including phenoxy) is 1. The Morgan fingerprint density at radius 2 is 1.88 bits per heavy atom. The summed E-state index contributed by atoms with van der Waals surface area (Å²) in [6.45, 7) is 3.29. The van der Waals surface area contributed by atoms with E-state index in [9.17, 15) is 4.79 Å². The third-order valence-electron chi connectivity index (χ3n) is 4.09. The Bertz CT molecular complexity index is 851. The first kappa shape index (κ1) is 14.7. The fourth-order valence-corrected chi connectivity index (χ4v) is 2.78. The van der Waals surface area contributed by atoms with E-state index in [0.717, 1.165) is 37.7 Å². The number of nitrogens with one attached hydrogen (secondary N) is 1. The molecule has 1 aliphatic heterocycles. The maximum atomic E-state index is 12.4. The molecule has 0 atom stereocenters. The van der Waals surface area contributed by atoms with Gasteiger partial charge in [-0.2, -0.15) is 0 Å². The molecule has 0 unspecified atom stereocenters. The van der Waals surface area contributed by atoms with Gasteiger partial charge in [-0.1, -0.05) is 0 Å². The predicted molar refractivity (Wildman–Crippen MR) is 91.4 cm³/mol. The van der Waals surface area contributed by atoms with Gasteiger partial charge in [0.1, 0.15) is 5.52 Å². The number of fused-ring (bicyclic) bond motifs is 1. The monoisotopic (exact) mass is 323 g/mol. The topological polar surface area (TPSA) is 67.6 Å². The standard InChI is InChI=1S/C18H17N3O3/c22-18(13-1-6-17-16(11-13)19-12-24-17)20-14-2-4-15(5-3-14)21-7-9-23-10-8-21/h1-6,11-12H,7-10H2,(H,20,22). The first-order valence-corrected chi connectivity index (χ1v) is 7.87. The molecule has 0 saturated carbocycles. The Hall–Kier alpha value is -2.86. The van der Waals surface area contributed by atoms with Gasteiger partial charge in [0.15, 0.2) is 12.0 Å². The number of benzene rings is 2. The number of rotatable bonds is 3. The van der Waals surface area contributed by atoms with E-state index in [0.29, 0.717) is 16.7 Å². The molecule has 1 N–H and O–H groups in total. The minimum absolute atomic E-state index is 0.168. The van der Waals surface area contributed by atoms with Crippen LogP contribution in [-0.4, -0.2) is 37.2 Å². The van der Waals surface area contributed by atoms with E-state index in [1.807, 2.05) is 24.3 Å². The van der Waals surface area contributed by atoms with Gasteiger partial charge in [0.25, 0.3) is 5.91 Å². The normalized spacial score (nSPS) is 14.8. The lowest BCUT2D eigenvalue weighted by Crippen LogP contribution is -2.36. The molecule has 6 heteroatoms. The van der Waals surface area contributed by atoms with Crippen molar-refractivity contribution in [1.82, 2.24) is 4.98 Å². The van der Waals surface area contributed by atoms with Gasteiger partial charge in [-0.15, -0.1) is 0 Å². The third kappa shape index (κ3) is 2.96. The Balaban J connectivity index is 1.46. The maximum Gasteiger partial charge on any atom is 0.255 e. The Morgan fingerprint density at radius 1 is 1.08 bits per heavy atom. The molecule has 1 amide bonds. The molecule has 2 heterocycles. The summed E-state index contributed by atoms with van der Waals surface area (Å²) in [6, 6.07) is 13.1. The van der Waals surface area contributed by atoms with Crippen molar-refractivity contribution in [2.75, 3.05) is 36.5 Å². The summed E-state index contributed by atoms with van der Waals surface area (Å²) in [4.78, 5) is 18.7. The highest BCUT2D eigenvalue weighted by atomic mass is 16.5. The average molecular weight is 323 g/mol. The summed E-state index contributed by atoms with van der Waals surface area (Å²) in [5, 5.41) is 2.90. The zero-order valence-electron chi connectivity index (χ0n) is 13.1. The molecule has 0 aliphatic carbocycles. The number of hydrogen-bond donors (Lipinski definition) is 1. The smallest absolute Gasteiger partial charge is 0.255 e. The molecule has 1 aliphatic rings. The lowest BCUT2D eigenvalue weighted by atomic mass is 10.2. The van der Waals surface area contributed by atoms with E-state index < -0.39 is 0 Å². The molecule has 24 heavy (non-hydrogen) atoms. The highest BCUT2D eigenvalue weighted by molar-refractivity contribution is 6.05. The minimum Gasteiger partial charge on any atom is -0.443 e. The van der Waals surface area contributed by atoms with Gasteiger partial charge in [0.05, 0.1) is 13.2 Å². The summed E-state index contributed by atoms with van der Waals surface area (Å²) in [7, 11) is 0. The highest BCUT2D eigenvalue weighted by Crippen LogP contribution is 2.20. The lowest BCUT2D eigenvalue weighted by Gasteiger charge is -2.28. The van der Waals surface area contributed by atoms with Crippen molar-refractivity contribution < 1.29 is 13.9 Å². The number of nitrogens with zero attached hydrogens (tertiary/aromatic N) is 2. The number of amides is 1. The largest absolute Gasteiger partial charge is 0.443 e. The van der Waals surface area contributed by atoms with Gasteiger partial charge in [0, 0.05) is 30.0 Å². The van der Waals surface area contributed by atoms with Crippen molar-refractivity contribution in [3.8, 4) is 0 Å². The van der Waals surface area contributed by atoms with Gasteiger partial charge >= 0.3 is 0 Å². The van der Waals surface area contributed by atoms with Gasteiger partial charge in [-0.05, 0) is 42.5 Å². The zero-order valence-corrected chi connectivity index (χ0v) is 13.1. The summed E-state index contributed by atoms with van der Waals surface area (Å²) in [6.07, 6.45) is 1.37. The number of carbonyl (C=O) groups excluding carboxylic acids is 1. The Kier molecular flexibility index (Phi) is 3.88. The van der Waals surface area contributed by atoms with E-state index in [1.165, 1.54) is 6.39 Å². The summed E-state index contributed by atoms with van der Waals surface area (Å²) >= 11 is 0. The van der Waals surface area contributed by atoms with Crippen LogP contribution in [0.3, 0.4) is 0 Å². The summed E-state index contributed by atoms with van der Waals surface area (Å²) in [5.74, 6) is -0.168. The molecule has 0 radical (unpaired) electrons. The van der Waals surface area contributed by atoms with Gasteiger partial charge in [-0.25, -0.2) is 4.98 Å². The van der Waals surface area contributed by atoms with Crippen LogP contribution in [0.1, 0.15) is 10.4 Å². The van der Waals surface area contributed by atoms with E-state index in [4.69, 9.17) is 9.15 Å². The number of anilines is 2.